The van der Waals surface area contributed by atoms with Gasteiger partial charge in [-0.05, 0) is 61.2 Å². The quantitative estimate of drug-likeness (QED) is 0.757. The van der Waals surface area contributed by atoms with E-state index in [9.17, 15) is 9.18 Å². The van der Waals surface area contributed by atoms with Crippen molar-refractivity contribution < 1.29 is 13.9 Å². The number of hydrogen-bond acceptors (Lipinski definition) is 3. The zero-order chi connectivity index (χ0) is 16.8. The van der Waals surface area contributed by atoms with Crippen molar-refractivity contribution in [2.24, 2.45) is 0 Å². The van der Waals surface area contributed by atoms with Gasteiger partial charge in [-0.2, -0.15) is 0 Å². The van der Waals surface area contributed by atoms with Crippen molar-refractivity contribution in [3.05, 3.63) is 60.2 Å². The van der Waals surface area contributed by atoms with Crippen LogP contribution in [0.25, 0.3) is 0 Å². The average molecular weight is 328 g/mol. The number of aromatic nitrogens is 1. The van der Waals surface area contributed by atoms with Crippen molar-refractivity contribution in [3.63, 3.8) is 0 Å². The molecule has 126 valence electrons. The van der Waals surface area contributed by atoms with Gasteiger partial charge in [0.1, 0.15) is 11.6 Å². The Hall–Kier alpha value is -2.43. The summed E-state index contributed by atoms with van der Waals surface area (Å²) in [5.41, 5.74) is 1.35. The summed E-state index contributed by atoms with van der Waals surface area (Å²) in [4.78, 5) is 16.0. The number of rotatable bonds is 8. The SMILES string of the molecule is O=C(CCCOc1ccc(F)cc1)NCC1(c2ccncc2)CC1. The highest BCUT2D eigenvalue weighted by Crippen LogP contribution is 2.47. The van der Waals surface area contributed by atoms with Crippen LogP contribution in [0, 0.1) is 5.82 Å². The number of ether oxygens (including phenoxy) is 1. The number of pyridine rings is 1. The normalized spacial score (nSPS) is 14.9. The first kappa shape index (κ1) is 16.4. The van der Waals surface area contributed by atoms with Gasteiger partial charge >= 0.3 is 0 Å². The fourth-order valence-corrected chi connectivity index (χ4v) is 2.73. The summed E-state index contributed by atoms with van der Waals surface area (Å²) in [6, 6.07) is 9.93. The summed E-state index contributed by atoms with van der Waals surface area (Å²) >= 11 is 0. The summed E-state index contributed by atoms with van der Waals surface area (Å²) in [5.74, 6) is 0.370. The third kappa shape index (κ3) is 4.31. The maximum absolute atomic E-state index is 12.8. The topological polar surface area (TPSA) is 51.2 Å². The number of carbonyl (C=O) groups is 1. The Bertz CT molecular complexity index is 670. The smallest absolute Gasteiger partial charge is 0.220 e. The van der Waals surface area contributed by atoms with Crippen LogP contribution in [0.2, 0.25) is 0 Å². The van der Waals surface area contributed by atoms with Gasteiger partial charge in [0.05, 0.1) is 6.61 Å². The third-order valence-electron chi connectivity index (χ3n) is 4.40. The summed E-state index contributed by atoms with van der Waals surface area (Å²) in [6.07, 6.45) is 6.85. The predicted molar refractivity (Wildman–Crippen MR) is 89.3 cm³/mol. The summed E-state index contributed by atoms with van der Waals surface area (Å²) in [7, 11) is 0. The first-order valence-electron chi connectivity index (χ1n) is 8.24. The largest absolute Gasteiger partial charge is 0.494 e. The van der Waals surface area contributed by atoms with Crippen LogP contribution >= 0.6 is 0 Å². The second-order valence-electron chi connectivity index (χ2n) is 6.20. The van der Waals surface area contributed by atoms with E-state index in [1.807, 2.05) is 12.1 Å². The molecule has 0 radical (unpaired) electrons. The van der Waals surface area contributed by atoms with E-state index >= 15 is 0 Å². The average Bonchev–Trinajstić information content (AvgIpc) is 3.41. The minimum atomic E-state index is -0.287. The highest BCUT2D eigenvalue weighted by atomic mass is 19.1. The van der Waals surface area contributed by atoms with E-state index in [0.717, 1.165) is 12.8 Å². The molecular formula is C19H21FN2O2. The summed E-state index contributed by atoms with van der Waals surface area (Å²) in [6.45, 7) is 1.11. The van der Waals surface area contributed by atoms with Gasteiger partial charge in [-0.15, -0.1) is 0 Å². The van der Waals surface area contributed by atoms with Crippen molar-refractivity contribution in [1.82, 2.24) is 10.3 Å². The first-order valence-corrected chi connectivity index (χ1v) is 8.24. The molecule has 1 fully saturated rings. The van der Waals surface area contributed by atoms with Crippen LogP contribution in [0.1, 0.15) is 31.2 Å². The van der Waals surface area contributed by atoms with Crippen molar-refractivity contribution in [1.29, 1.82) is 0 Å². The van der Waals surface area contributed by atoms with E-state index < -0.39 is 0 Å². The van der Waals surface area contributed by atoms with Gasteiger partial charge in [-0.1, -0.05) is 0 Å². The number of nitrogens with one attached hydrogen (secondary N) is 1. The fourth-order valence-electron chi connectivity index (χ4n) is 2.73. The Morgan fingerprint density at radius 3 is 2.54 bits per heavy atom. The Morgan fingerprint density at radius 2 is 1.88 bits per heavy atom. The van der Waals surface area contributed by atoms with E-state index in [2.05, 4.69) is 10.3 Å². The van der Waals surface area contributed by atoms with Crippen LogP contribution < -0.4 is 10.1 Å². The highest BCUT2D eigenvalue weighted by Gasteiger charge is 2.44. The zero-order valence-electron chi connectivity index (χ0n) is 13.5. The molecule has 0 aliphatic heterocycles. The fraction of sp³-hybridized carbons (Fsp3) is 0.368. The minimum absolute atomic E-state index is 0.0398. The Morgan fingerprint density at radius 1 is 1.17 bits per heavy atom. The number of amides is 1. The van der Waals surface area contributed by atoms with E-state index in [0.29, 0.717) is 31.7 Å². The van der Waals surface area contributed by atoms with Crippen LogP contribution in [-0.2, 0) is 10.2 Å². The maximum atomic E-state index is 12.8. The number of hydrogen-bond donors (Lipinski definition) is 1. The molecule has 0 saturated heterocycles. The molecule has 1 N–H and O–H groups in total. The molecule has 1 heterocycles. The number of nitrogens with zero attached hydrogens (tertiary/aromatic N) is 1. The molecule has 1 amide bonds. The molecular weight excluding hydrogens is 307 g/mol. The molecule has 2 aromatic rings. The van der Waals surface area contributed by atoms with E-state index in [4.69, 9.17) is 4.74 Å². The second-order valence-corrected chi connectivity index (χ2v) is 6.20. The van der Waals surface area contributed by atoms with Gasteiger partial charge in [-0.3, -0.25) is 9.78 Å². The third-order valence-corrected chi connectivity index (χ3v) is 4.40. The molecule has 3 rings (SSSR count). The molecule has 0 bridgehead atoms. The molecule has 1 saturated carbocycles. The molecule has 4 nitrogen and oxygen atoms in total. The van der Waals surface area contributed by atoms with Crippen molar-refractivity contribution in [2.45, 2.75) is 31.1 Å². The Labute approximate surface area is 141 Å². The van der Waals surface area contributed by atoms with Crippen molar-refractivity contribution in [3.8, 4) is 5.75 Å². The summed E-state index contributed by atoms with van der Waals surface area (Å²) in [5, 5.41) is 3.03. The highest BCUT2D eigenvalue weighted by molar-refractivity contribution is 5.76. The Kier molecular flexibility index (Phi) is 5.08. The van der Waals surface area contributed by atoms with Crippen LogP contribution in [0.5, 0.6) is 5.75 Å². The van der Waals surface area contributed by atoms with Gasteiger partial charge in [0.15, 0.2) is 0 Å². The lowest BCUT2D eigenvalue weighted by molar-refractivity contribution is -0.121. The Balaban J connectivity index is 1.35. The molecule has 1 aliphatic carbocycles. The number of halogens is 1. The van der Waals surface area contributed by atoms with Crippen LogP contribution in [0.4, 0.5) is 4.39 Å². The van der Waals surface area contributed by atoms with E-state index in [1.54, 1.807) is 24.5 Å². The molecule has 1 aromatic heterocycles. The van der Waals surface area contributed by atoms with Gasteiger partial charge < -0.3 is 10.1 Å². The standard InChI is InChI=1S/C19H21FN2O2/c20-16-3-5-17(6-4-16)24-13-1-2-18(23)22-14-19(9-10-19)15-7-11-21-12-8-15/h3-8,11-12H,1-2,9-10,13-14H2,(H,22,23). The lowest BCUT2D eigenvalue weighted by Gasteiger charge is -2.16. The molecule has 0 unspecified atom stereocenters. The van der Waals surface area contributed by atoms with Gasteiger partial charge in [0, 0.05) is 30.8 Å². The predicted octanol–water partition coefficient (Wildman–Crippen LogP) is 3.23. The second kappa shape index (κ2) is 7.43. The molecule has 24 heavy (non-hydrogen) atoms. The number of benzene rings is 1. The van der Waals surface area contributed by atoms with Crippen LogP contribution in [0.3, 0.4) is 0 Å². The molecule has 0 spiro atoms. The molecule has 0 atom stereocenters. The van der Waals surface area contributed by atoms with Crippen molar-refractivity contribution in [2.75, 3.05) is 13.2 Å². The first-order chi connectivity index (χ1) is 11.7. The van der Waals surface area contributed by atoms with Gasteiger partial charge in [-0.25, -0.2) is 4.39 Å². The van der Waals surface area contributed by atoms with Crippen LogP contribution in [0.15, 0.2) is 48.8 Å². The summed E-state index contributed by atoms with van der Waals surface area (Å²) < 4.78 is 18.3. The monoisotopic (exact) mass is 328 g/mol. The van der Waals surface area contributed by atoms with E-state index in [-0.39, 0.29) is 17.1 Å². The van der Waals surface area contributed by atoms with Gasteiger partial charge in [0.2, 0.25) is 5.91 Å². The number of carbonyl (C=O) groups excluding carboxylic acids is 1. The molecule has 5 heteroatoms. The van der Waals surface area contributed by atoms with Crippen LogP contribution in [-0.4, -0.2) is 24.0 Å². The van der Waals surface area contributed by atoms with E-state index in [1.165, 1.54) is 17.7 Å². The lowest BCUT2D eigenvalue weighted by Crippen LogP contribution is -2.32. The molecule has 1 aromatic carbocycles. The maximum Gasteiger partial charge on any atom is 0.220 e. The van der Waals surface area contributed by atoms with Gasteiger partial charge in [0.25, 0.3) is 0 Å². The lowest BCUT2D eigenvalue weighted by atomic mass is 9.97. The molecule has 1 aliphatic rings. The minimum Gasteiger partial charge on any atom is -0.494 e. The zero-order valence-corrected chi connectivity index (χ0v) is 13.5. The van der Waals surface area contributed by atoms with Crippen molar-refractivity contribution >= 4 is 5.91 Å².